The number of rotatable bonds is 12. The second kappa shape index (κ2) is 15.8. The van der Waals surface area contributed by atoms with Crippen molar-refractivity contribution in [2.45, 2.75) is 103 Å². The summed E-state index contributed by atoms with van der Waals surface area (Å²) in [6.07, 6.45) is 6.08. The number of amides is 4. The molecule has 15 heteroatoms. The molecule has 0 bridgehead atoms. The normalized spacial score (nSPS) is 20.0. The quantitative estimate of drug-likeness (QED) is 0.104. The minimum Gasteiger partial charge on any atom is -0.356 e. The van der Waals surface area contributed by atoms with Gasteiger partial charge in [0, 0.05) is 52.1 Å². The molecule has 5 aromatic rings. The number of imidazole rings is 1. The molecule has 56 heavy (non-hydrogen) atoms. The van der Waals surface area contributed by atoms with E-state index < -0.39 is 6.04 Å². The molecule has 13 nitrogen and oxygen atoms in total. The topological polar surface area (TPSA) is 160 Å². The number of aliphatic imine (C=N–C) groups is 1. The van der Waals surface area contributed by atoms with Crippen LogP contribution < -0.4 is 21.3 Å². The highest BCUT2D eigenvalue weighted by atomic mass is 35.5. The Kier molecular flexibility index (Phi) is 10.7. The number of carbonyl (C=O) groups is 3. The standard InChI is InChI=1S/C41H47ClN10O3S/c1-5-34-45-31-19-26(11-16-33(31)52(34)28-14-15-29-30(20-28)48-41(55)47-29)39(54)44-18-8-6-7-17-43-35(53)21-32-38-50-49-24(4)51(38)40-36(22(2)23(3)56-40)37(46-32)25-9-12-27(42)13-10-25/h9-13,16,19,28-30,32H,5-8,14-15,17-18,20-21H2,1-4H3,(H,43,53)(H,44,54)(H2,47,48,55)/t28?,29?,30?,32-/m0/s1. The average Bonchev–Trinajstić information content (AvgIpc) is 3.92. The monoisotopic (exact) mass is 794 g/mol. The smallest absolute Gasteiger partial charge is 0.315 e. The van der Waals surface area contributed by atoms with Crippen LogP contribution in [0.3, 0.4) is 0 Å². The Morgan fingerprint density at radius 3 is 2.52 bits per heavy atom. The molecule has 5 heterocycles. The molecule has 4 atom stereocenters. The summed E-state index contributed by atoms with van der Waals surface area (Å²) in [6.45, 7) is 9.30. The number of fused-ring (bicyclic) bond motifs is 5. The van der Waals surface area contributed by atoms with Gasteiger partial charge in [0.1, 0.15) is 22.7 Å². The van der Waals surface area contributed by atoms with Crippen molar-refractivity contribution in [1.82, 2.24) is 45.6 Å². The van der Waals surface area contributed by atoms with Crippen LogP contribution in [-0.2, 0) is 11.2 Å². The molecule has 4 N–H and O–H groups in total. The molecule has 0 radical (unpaired) electrons. The van der Waals surface area contributed by atoms with Crippen LogP contribution in [0.15, 0.2) is 47.5 Å². The highest BCUT2D eigenvalue weighted by molar-refractivity contribution is 7.15. The number of aryl methyl sites for hydroxylation is 3. The first-order chi connectivity index (χ1) is 27.1. The third-order valence-corrected chi connectivity index (χ3v) is 12.8. The Hall–Kier alpha value is -5.08. The van der Waals surface area contributed by atoms with Gasteiger partial charge >= 0.3 is 6.03 Å². The molecular formula is C41H47ClN10O3S. The third kappa shape index (κ3) is 7.32. The van der Waals surface area contributed by atoms with Crippen LogP contribution in [0.1, 0.15) is 113 Å². The number of benzene rings is 2. The van der Waals surface area contributed by atoms with Crippen molar-refractivity contribution in [1.29, 1.82) is 0 Å². The number of thiophene rings is 1. The number of nitrogens with one attached hydrogen (secondary N) is 4. The minimum absolute atomic E-state index is 0.0824. The Morgan fingerprint density at radius 2 is 1.73 bits per heavy atom. The summed E-state index contributed by atoms with van der Waals surface area (Å²) in [5.74, 6) is 2.17. The van der Waals surface area contributed by atoms with E-state index in [0.717, 1.165) is 95.0 Å². The van der Waals surface area contributed by atoms with E-state index in [-0.39, 0.29) is 42.4 Å². The molecule has 4 amide bonds. The highest BCUT2D eigenvalue weighted by Crippen LogP contribution is 2.40. The molecule has 2 aromatic carbocycles. The van der Waals surface area contributed by atoms with Gasteiger partial charge in [-0.25, -0.2) is 9.78 Å². The van der Waals surface area contributed by atoms with Gasteiger partial charge in [0.05, 0.1) is 35.2 Å². The summed E-state index contributed by atoms with van der Waals surface area (Å²) < 4.78 is 4.36. The van der Waals surface area contributed by atoms with E-state index in [0.29, 0.717) is 29.5 Å². The zero-order valence-corrected chi connectivity index (χ0v) is 33.7. The first-order valence-corrected chi connectivity index (χ1v) is 20.8. The number of carbonyl (C=O) groups excluding carboxylic acids is 3. The van der Waals surface area contributed by atoms with Crippen molar-refractivity contribution < 1.29 is 14.4 Å². The summed E-state index contributed by atoms with van der Waals surface area (Å²) in [5, 5.41) is 22.8. The number of halogens is 1. The van der Waals surface area contributed by atoms with Gasteiger partial charge in [0.15, 0.2) is 5.82 Å². The van der Waals surface area contributed by atoms with Crippen molar-refractivity contribution in [3.8, 4) is 5.00 Å². The Bertz CT molecular complexity index is 2340. The first-order valence-electron chi connectivity index (χ1n) is 19.6. The van der Waals surface area contributed by atoms with E-state index >= 15 is 0 Å². The molecule has 2 aliphatic heterocycles. The maximum atomic E-state index is 13.3. The van der Waals surface area contributed by atoms with E-state index in [2.05, 4.69) is 56.8 Å². The van der Waals surface area contributed by atoms with Gasteiger partial charge in [-0.1, -0.05) is 30.7 Å². The lowest BCUT2D eigenvalue weighted by molar-refractivity contribution is -0.121. The van der Waals surface area contributed by atoms with Gasteiger partial charge < -0.3 is 25.8 Å². The van der Waals surface area contributed by atoms with E-state index in [1.54, 1.807) is 11.3 Å². The molecule has 3 unspecified atom stereocenters. The lowest BCUT2D eigenvalue weighted by Gasteiger charge is -2.32. The molecule has 1 aliphatic carbocycles. The number of aromatic nitrogens is 5. The number of hydrogen-bond acceptors (Lipinski definition) is 8. The van der Waals surface area contributed by atoms with E-state index in [1.165, 1.54) is 4.88 Å². The molecule has 292 valence electrons. The van der Waals surface area contributed by atoms with Crippen LogP contribution >= 0.6 is 22.9 Å². The van der Waals surface area contributed by atoms with E-state index in [1.807, 2.05) is 54.0 Å². The summed E-state index contributed by atoms with van der Waals surface area (Å²) in [6, 6.07) is 13.4. The lowest BCUT2D eigenvalue weighted by Crippen LogP contribution is -2.40. The van der Waals surface area contributed by atoms with Gasteiger partial charge in [0.2, 0.25) is 5.91 Å². The molecule has 2 fully saturated rings. The minimum atomic E-state index is -0.522. The predicted octanol–water partition coefficient (Wildman–Crippen LogP) is 6.59. The third-order valence-electron chi connectivity index (χ3n) is 11.4. The fraction of sp³-hybridized carbons (Fsp3) is 0.439. The maximum Gasteiger partial charge on any atom is 0.315 e. The van der Waals surface area contributed by atoms with Crippen LogP contribution in [0.2, 0.25) is 5.02 Å². The zero-order valence-electron chi connectivity index (χ0n) is 32.1. The fourth-order valence-corrected chi connectivity index (χ4v) is 9.72. The van der Waals surface area contributed by atoms with Crippen molar-refractivity contribution in [3.05, 3.63) is 92.1 Å². The van der Waals surface area contributed by atoms with Crippen LogP contribution in [-0.4, -0.2) is 73.0 Å². The summed E-state index contributed by atoms with van der Waals surface area (Å²) in [4.78, 5) is 49.7. The number of urea groups is 1. The number of hydrogen-bond donors (Lipinski definition) is 4. The van der Waals surface area contributed by atoms with Crippen molar-refractivity contribution >= 4 is 57.5 Å². The van der Waals surface area contributed by atoms with Gasteiger partial charge in [-0.15, -0.1) is 21.5 Å². The molecular weight excluding hydrogens is 748 g/mol. The van der Waals surface area contributed by atoms with E-state index in [4.69, 9.17) is 21.6 Å². The number of nitrogens with zero attached hydrogens (tertiary/aromatic N) is 6. The number of unbranched alkanes of at least 4 members (excludes halogenated alkanes) is 2. The van der Waals surface area contributed by atoms with Crippen molar-refractivity contribution in [2.75, 3.05) is 13.1 Å². The molecule has 8 rings (SSSR count). The van der Waals surface area contributed by atoms with Crippen molar-refractivity contribution in [3.63, 3.8) is 0 Å². The summed E-state index contributed by atoms with van der Waals surface area (Å²) in [5.41, 5.74) is 6.34. The predicted molar refractivity (Wildman–Crippen MR) is 218 cm³/mol. The van der Waals surface area contributed by atoms with Crippen LogP contribution in [0.4, 0.5) is 4.79 Å². The summed E-state index contributed by atoms with van der Waals surface area (Å²) >= 11 is 7.92. The first kappa shape index (κ1) is 37.8. The van der Waals surface area contributed by atoms with E-state index in [9.17, 15) is 14.4 Å². The second-order valence-corrected chi connectivity index (χ2v) is 16.7. The zero-order chi connectivity index (χ0) is 39.1. The van der Waals surface area contributed by atoms with Gasteiger partial charge in [-0.2, -0.15) is 0 Å². The molecule has 1 saturated heterocycles. The maximum absolute atomic E-state index is 13.3. The van der Waals surface area contributed by atoms with Gasteiger partial charge in [-0.05, 0) is 95.2 Å². The molecule has 3 aromatic heterocycles. The van der Waals surface area contributed by atoms with Crippen LogP contribution in [0, 0.1) is 20.8 Å². The highest BCUT2D eigenvalue weighted by Gasteiger charge is 2.38. The van der Waals surface area contributed by atoms with Crippen LogP contribution in [0.5, 0.6) is 0 Å². The molecule has 0 spiro atoms. The lowest BCUT2D eigenvalue weighted by atomic mass is 9.87. The van der Waals surface area contributed by atoms with Gasteiger partial charge in [0.25, 0.3) is 5.91 Å². The molecule has 1 saturated carbocycles. The Labute approximate surface area is 334 Å². The summed E-state index contributed by atoms with van der Waals surface area (Å²) in [7, 11) is 0. The Balaban J connectivity index is 0.839. The second-order valence-electron chi connectivity index (χ2n) is 15.0. The largest absolute Gasteiger partial charge is 0.356 e. The molecule has 3 aliphatic rings. The fourth-order valence-electron chi connectivity index (χ4n) is 8.38. The SMILES string of the molecule is CCc1nc2cc(C(=O)NCCCCCNC(=O)C[C@@H]3N=C(c4ccc(Cl)cc4)c4c(sc(C)c4C)-n4c(C)nnc43)ccc2n1C1CCC2NC(=O)NC2C1. The van der Waals surface area contributed by atoms with Gasteiger partial charge in [-0.3, -0.25) is 19.1 Å². The average molecular weight is 795 g/mol. The van der Waals surface area contributed by atoms with Crippen molar-refractivity contribution in [2.24, 2.45) is 4.99 Å². The van der Waals surface area contributed by atoms with Crippen LogP contribution in [0.25, 0.3) is 16.0 Å². The Morgan fingerprint density at radius 1 is 0.964 bits per heavy atom.